The molecular weight excluding hydrogens is 346 g/mol. The summed E-state index contributed by atoms with van der Waals surface area (Å²) in [5, 5.41) is 8.89. The number of benzene rings is 1. The molecule has 0 amide bonds. The van der Waals surface area contributed by atoms with E-state index in [0.717, 1.165) is 27.5 Å². The van der Waals surface area contributed by atoms with Gasteiger partial charge in [0.25, 0.3) is 0 Å². The molecule has 2 nitrogen and oxygen atoms in total. The highest BCUT2D eigenvalue weighted by Crippen LogP contribution is 2.33. The third-order valence-electron chi connectivity index (χ3n) is 2.41. The Morgan fingerprint density at radius 2 is 1.88 bits per heavy atom. The molecule has 0 bridgehead atoms. The highest BCUT2D eigenvalue weighted by molar-refractivity contribution is 9.11. The molecule has 1 aromatic rings. The van der Waals surface area contributed by atoms with E-state index in [4.69, 9.17) is 10.00 Å². The number of nitriles is 1. The lowest BCUT2D eigenvalue weighted by Crippen LogP contribution is -2.10. The molecule has 17 heavy (non-hydrogen) atoms. The van der Waals surface area contributed by atoms with Crippen LogP contribution in [0.2, 0.25) is 0 Å². The standard InChI is InChI=1S/C13H15Br2NO/c1-13(2,9-16)7-4-8-17-12-10(14)5-3-6-11(12)15/h3,5-6H,4,7-8H2,1-2H3. The SMILES string of the molecule is CC(C)(C#N)CCCOc1c(Br)cccc1Br. The molecule has 0 unspecified atom stereocenters. The van der Waals surface area contributed by atoms with E-state index in [0.29, 0.717) is 6.61 Å². The predicted molar refractivity (Wildman–Crippen MR) is 76.0 cm³/mol. The van der Waals surface area contributed by atoms with Crippen LogP contribution in [0.25, 0.3) is 0 Å². The van der Waals surface area contributed by atoms with Gasteiger partial charge in [-0.25, -0.2) is 0 Å². The average Bonchev–Trinajstić information content (AvgIpc) is 2.27. The van der Waals surface area contributed by atoms with Crippen molar-refractivity contribution in [2.45, 2.75) is 26.7 Å². The quantitative estimate of drug-likeness (QED) is 0.698. The van der Waals surface area contributed by atoms with Crippen molar-refractivity contribution < 1.29 is 4.74 Å². The largest absolute Gasteiger partial charge is 0.491 e. The second-order valence-corrected chi connectivity index (χ2v) is 6.21. The van der Waals surface area contributed by atoms with Crippen molar-refractivity contribution >= 4 is 31.9 Å². The van der Waals surface area contributed by atoms with Gasteiger partial charge in [-0.3, -0.25) is 0 Å². The second-order valence-electron chi connectivity index (χ2n) is 4.50. The van der Waals surface area contributed by atoms with Gasteiger partial charge in [-0.15, -0.1) is 0 Å². The van der Waals surface area contributed by atoms with Crippen molar-refractivity contribution in [3.05, 3.63) is 27.1 Å². The van der Waals surface area contributed by atoms with Crippen molar-refractivity contribution in [3.63, 3.8) is 0 Å². The molecule has 0 N–H and O–H groups in total. The zero-order valence-electron chi connectivity index (χ0n) is 9.96. The zero-order valence-corrected chi connectivity index (χ0v) is 13.1. The molecule has 0 aromatic heterocycles. The summed E-state index contributed by atoms with van der Waals surface area (Å²) >= 11 is 6.89. The maximum absolute atomic E-state index is 8.89. The molecule has 0 saturated heterocycles. The fourth-order valence-electron chi connectivity index (χ4n) is 1.36. The first-order valence-electron chi connectivity index (χ1n) is 5.44. The Morgan fingerprint density at radius 1 is 1.29 bits per heavy atom. The topological polar surface area (TPSA) is 33.0 Å². The van der Waals surface area contributed by atoms with Gasteiger partial charge < -0.3 is 4.74 Å². The van der Waals surface area contributed by atoms with E-state index in [9.17, 15) is 0 Å². The van der Waals surface area contributed by atoms with Gasteiger partial charge in [0, 0.05) is 0 Å². The molecule has 1 aromatic carbocycles. The smallest absolute Gasteiger partial charge is 0.147 e. The maximum atomic E-state index is 8.89. The number of hydrogen-bond acceptors (Lipinski definition) is 2. The first-order chi connectivity index (χ1) is 7.96. The molecule has 4 heteroatoms. The van der Waals surface area contributed by atoms with E-state index in [1.54, 1.807) is 0 Å². The van der Waals surface area contributed by atoms with Crippen LogP contribution in [-0.4, -0.2) is 6.61 Å². The van der Waals surface area contributed by atoms with Crippen molar-refractivity contribution in [1.29, 1.82) is 5.26 Å². The summed E-state index contributed by atoms with van der Waals surface area (Å²) in [6, 6.07) is 8.12. The minimum absolute atomic E-state index is 0.269. The zero-order chi connectivity index (χ0) is 12.9. The van der Waals surface area contributed by atoms with E-state index in [1.807, 2.05) is 32.0 Å². The van der Waals surface area contributed by atoms with Crippen molar-refractivity contribution in [1.82, 2.24) is 0 Å². The summed E-state index contributed by atoms with van der Waals surface area (Å²) in [4.78, 5) is 0. The number of rotatable bonds is 5. The Balaban J connectivity index is 2.45. The normalized spacial score (nSPS) is 11.0. The van der Waals surface area contributed by atoms with Gasteiger partial charge in [0.1, 0.15) is 5.75 Å². The predicted octanol–water partition coefficient (Wildman–Crippen LogP) is 4.92. The van der Waals surface area contributed by atoms with Gasteiger partial charge >= 0.3 is 0 Å². The number of para-hydroxylation sites is 1. The van der Waals surface area contributed by atoms with E-state index < -0.39 is 0 Å². The lowest BCUT2D eigenvalue weighted by atomic mass is 9.90. The Hall–Kier alpha value is -0.530. The first kappa shape index (κ1) is 14.5. The summed E-state index contributed by atoms with van der Waals surface area (Å²) < 4.78 is 7.58. The monoisotopic (exact) mass is 359 g/mol. The van der Waals surface area contributed by atoms with E-state index >= 15 is 0 Å². The van der Waals surface area contributed by atoms with Crippen LogP contribution in [-0.2, 0) is 0 Å². The van der Waals surface area contributed by atoms with E-state index in [-0.39, 0.29) is 5.41 Å². The Kier molecular flexibility index (Phi) is 5.48. The molecule has 1 rings (SSSR count). The van der Waals surface area contributed by atoms with Gasteiger partial charge in [0.15, 0.2) is 0 Å². The summed E-state index contributed by atoms with van der Waals surface area (Å²) in [6.45, 7) is 4.51. The summed E-state index contributed by atoms with van der Waals surface area (Å²) in [6.07, 6.45) is 1.71. The van der Waals surface area contributed by atoms with Crippen molar-refractivity contribution in [2.75, 3.05) is 6.61 Å². The van der Waals surface area contributed by atoms with Gasteiger partial charge in [-0.05, 0) is 70.7 Å². The van der Waals surface area contributed by atoms with Gasteiger partial charge in [0.05, 0.1) is 27.0 Å². The van der Waals surface area contributed by atoms with Gasteiger partial charge in [0.2, 0.25) is 0 Å². The lowest BCUT2D eigenvalue weighted by Gasteiger charge is -2.15. The third-order valence-corrected chi connectivity index (χ3v) is 3.66. The van der Waals surface area contributed by atoms with Crippen LogP contribution in [0, 0.1) is 16.7 Å². The van der Waals surface area contributed by atoms with Gasteiger partial charge in [-0.2, -0.15) is 5.26 Å². The van der Waals surface area contributed by atoms with E-state index in [1.165, 1.54) is 0 Å². The molecule has 0 aliphatic carbocycles. The Morgan fingerprint density at radius 3 is 2.41 bits per heavy atom. The van der Waals surface area contributed by atoms with Crippen LogP contribution in [0.3, 0.4) is 0 Å². The lowest BCUT2D eigenvalue weighted by molar-refractivity contribution is 0.281. The molecule has 0 fully saturated rings. The molecule has 0 saturated carbocycles. The molecule has 0 aliphatic rings. The second kappa shape index (κ2) is 6.42. The highest BCUT2D eigenvalue weighted by Gasteiger charge is 2.16. The van der Waals surface area contributed by atoms with Crippen molar-refractivity contribution in [3.8, 4) is 11.8 Å². The summed E-state index contributed by atoms with van der Waals surface area (Å²) in [5.41, 5.74) is -0.269. The molecule has 0 aliphatic heterocycles. The first-order valence-corrected chi connectivity index (χ1v) is 7.03. The van der Waals surface area contributed by atoms with Crippen molar-refractivity contribution in [2.24, 2.45) is 5.41 Å². The maximum Gasteiger partial charge on any atom is 0.147 e. The average molecular weight is 361 g/mol. The van der Waals surface area contributed by atoms with Crippen LogP contribution in [0.15, 0.2) is 27.1 Å². The number of nitrogens with zero attached hydrogens (tertiary/aromatic N) is 1. The molecule has 0 radical (unpaired) electrons. The van der Waals surface area contributed by atoms with Crippen LogP contribution >= 0.6 is 31.9 Å². The minimum Gasteiger partial charge on any atom is -0.491 e. The Bertz CT molecular complexity index is 404. The fourth-order valence-corrected chi connectivity index (χ4v) is 2.59. The highest BCUT2D eigenvalue weighted by atomic mass is 79.9. The summed E-state index contributed by atoms with van der Waals surface area (Å²) in [5.74, 6) is 0.822. The van der Waals surface area contributed by atoms with Crippen LogP contribution in [0.4, 0.5) is 0 Å². The molecular formula is C13H15Br2NO. The summed E-state index contributed by atoms with van der Waals surface area (Å²) in [7, 11) is 0. The fraction of sp³-hybridized carbons (Fsp3) is 0.462. The Labute approximate surface area is 119 Å². The van der Waals surface area contributed by atoms with E-state index in [2.05, 4.69) is 37.9 Å². The number of halogens is 2. The molecule has 0 heterocycles. The van der Waals surface area contributed by atoms with Gasteiger partial charge in [-0.1, -0.05) is 6.07 Å². The van der Waals surface area contributed by atoms with Crippen LogP contribution in [0.1, 0.15) is 26.7 Å². The van der Waals surface area contributed by atoms with Crippen LogP contribution in [0.5, 0.6) is 5.75 Å². The molecule has 92 valence electrons. The number of ether oxygens (including phenoxy) is 1. The minimum atomic E-state index is -0.269. The number of hydrogen-bond donors (Lipinski definition) is 0. The van der Waals surface area contributed by atoms with Crippen LogP contribution < -0.4 is 4.74 Å². The third kappa shape index (κ3) is 4.69. The molecule has 0 spiro atoms. The molecule has 0 atom stereocenters.